The monoisotopic (exact) mass is 340 g/mol. The average molecular weight is 340 g/mol. The molecule has 0 unspecified atom stereocenters. The van der Waals surface area contributed by atoms with E-state index < -0.39 is 0 Å². The highest BCUT2D eigenvalue weighted by Crippen LogP contribution is 2.60. The first kappa shape index (κ1) is 15.0. The van der Waals surface area contributed by atoms with Crippen LogP contribution in [0.5, 0.6) is 0 Å². The fourth-order valence-electron chi connectivity index (χ4n) is 6.00. The minimum absolute atomic E-state index is 0.143. The molecule has 5 aliphatic rings. The molecule has 1 aromatic carbocycles. The maximum atomic E-state index is 11.6. The SMILES string of the molecule is CN1C(=O)CSC1=Nc1ccc(C23CC4CC(CC(C4)C2)C3)cc1. The molecule has 5 fully saturated rings. The van der Waals surface area contributed by atoms with Gasteiger partial charge in [-0.2, -0.15) is 0 Å². The zero-order valence-corrected chi connectivity index (χ0v) is 15.0. The van der Waals surface area contributed by atoms with E-state index in [1.54, 1.807) is 4.90 Å². The summed E-state index contributed by atoms with van der Waals surface area (Å²) in [5, 5.41) is 0.822. The van der Waals surface area contributed by atoms with Crippen molar-refractivity contribution in [3.8, 4) is 0 Å². The third-order valence-corrected chi connectivity index (χ3v) is 7.74. The first-order chi connectivity index (χ1) is 11.6. The molecule has 1 aromatic rings. The quantitative estimate of drug-likeness (QED) is 0.802. The van der Waals surface area contributed by atoms with Crippen molar-refractivity contribution < 1.29 is 4.79 Å². The van der Waals surface area contributed by atoms with Crippen molar-refractivity contribution in [1.29, 1.82) is 0 Å². The van der Waals surface area contributed by atoms with E-state index in [-0.39, 0.29) is 5.91 Å². The van der Waals surface area contributed by atoms with E-state index in [0.29, 0.717) is 11.2 Å². The van der Waals surface area contributed by atoms with Gasteiger partial charge in [-0.15, -0.1) is 0 Å². The van der Waals surface area contributed by atoms with Crippen molar-refractivity contribution >= 4 is 28.5 Å². The van der Waals surface area contributed by atoms with Crippen molar-refractivity contribution in [3.63, 3.8) is 0 Å². The Hall–Kier alpha value is -1.29. The first-order valence-corrected chi connectivity index (χ1v) is 10.2. The van der Waals surface area contributed by atoms with E-state index >= 15 is 0 Å². The van der Waals surface area contributed by atoms with Crippen LogP contribution >= 0.6 is 11.8 Å². The number of amidine groups is 1. The minimum Gasteiger partial charge on any atom is -0.294 e. The minimum atomic E-state index is 0.143. The van der Waals surface area contributed by atoms with E-state index in [4.69, 9.17) is 0 Å². The highest BCUT2D eigenvalue weighted by atomic mass is 32.2. The van der Waals surface area contributed by atoms with E-state index in [2.05, 4.69) is 29.3 Å². The maximum Gasteiger partial charge on any atom is 0.238 e. The number of hydrogen-bond acceptors (Lipinski definition) is 3. The van der Waals surface area contributed by atoms with Crippen molar-refractivity contribution in [2.45, 2.75) is 43.9 Å². The summed E-state index contributed by atoms with van der Waals surface area (Å²) in [6, 6.07) is 8.93. The molecule has 1 saturated heterocycles. The van der Waals surface area contributed by atoms with Crippen LogP contribution in [-0.2, 0) is 10.2 Å². The van der Waals surface area contributed by atoms with Crippen LogP contribution in [0, 0.1) is 17.8 Å². The van der Waals surface area contributed by atoms with Gasteiger partial charge in [-0.05, 0) is 79.4 Å². The van der Waals surface area contributed by atoms with Gasteiger partial charge < -0.3 is 0 Å². The van der Waals surface area contributed by atoms with Gasteiger partial charge in [0.15, 0.2) is 5.17 Å². The second-order valence-corrected chi connectivity index (χ2v) is 9.32. The molecule has 0 atom stereocenters. The number of carbonyl (C=O) groups excluding carboxylic acids is 1. The summed E-state index contributed by atoms with van der Waals surface area (Å²) in [6.45, 7) is 0. The topological polar surface area (TPSA) is 32.7 Å². The molecule has 1 heterocycles. The third kappa shape index (κ3) is 2.33. The maximum absolute atomic E-state index is 11.6. The normalized spacial score (nSPS) is 39.2. The molecule has 4 heteroatoms. The fraction of sp³-hybridized carbons (Fsp3) is 0.600. The molecule has 0 radical (unpaired) electrons. The molecular weight excluding hydrogens is 316 g/mol. The molecule has 0 aromatic heterocycles. The second kappa shape index (κ2) is 5.35. The highest BCUT2D eigenvalue weighted by molar-refractivity contribution is 8.15. The largest absolute Gasteiger partial charge is 0.294 e. The van der Waals surface area contributed by atoms with Gasteiger partial charge in [0, 0.05) is 7.05 Å². The zero-order chi connectivity index (χ0) is 16.3. The van der Waals surface area contributed by atoms with Gasteiger partial charge in [-0.1, -0.05) is 23.9 Å². The van der Waals surface area contributed by atoms with Crippen LogP contribution in [0.3, 0.4) is 0 Å². The molecule has 1 aliphatic heterocycles. The van der Waals surface area contributed by atoms with Gasteiger partial charge in [0.25, 0.3) is 0 Å². The molecule has 6 rings (SSSR count). The molecule has 0 spiro atoms. The van der Waals surface area contributed by atoms with Crippen LogP contribution in [0.15, 0.2) is 29.3 Å². The highest BCUT2D eigenvalue weighted by Gasteiger charge is 2.51. The van der Waals surface area contributed by atoms with Crippen molar-refractivity contribution in [2.75, 3.05) is 12.8 Å². The lowest BCUT2D eigenvalue weighted by atomic mass is 9.48. The molecule has 1 amide bonds. The lowest BCUT2D eigenvalue weighted by Crippen LogP contribution is -2.48. The number of aliphatic imine (C=N–C) groups is 1. The lowest BCUT2D eigenvalue weighted by molar-refractivity contribution is -0.123. The smallest absolute Gasteiger partial charge is 0.238 e. The van der Waals surface area contributed by atoms with E-state index in [1.165, 1.54) is 55.9 Å². The number of benzene rings is 1. The number of amides is 1. The molecule has 4 aliphatic carbocycles. The summed E-state index contributed by atoms with van der Waals surface area (Å²) < 4.78 is 0. The summed E-state index contributed by atoms with van der Waals surface area (Å²) in [5.74, 6) is 3.59. The Labute approximate surface area is 147 Å². The fourth-order valence-corrected chi connectivity index (χ4v) is 6.91. The summed E-state index contributed by atoms with van der Waals surface area (Å²) in [7, 11) is 1.81. The van der Waals surface area contributed by atoms with Crippen molar-refractivity contribution in [3.05, 3.63) is 29.8 Å². The summed E-state index contributed by atoms with van der Waals surface area (Å²) in [5.41, 5.74) is 2.96. The number of rotatable bonds is 2. The average Bonchev–Trinajstić information content (AvgIpc) is 2.86. The van der Waals surface area contributed by atoms with Crippen LogP contribution in [-0.4, -0.2) is 28.8 Å². The standard InChI is InChI=1S/C20H24N2OS/c1-22-18(23)12-24-19(22)21-17-4-2-16(3-5-17)20-9-13-6-14(10-20)8-15(7-13)11-20/h2-5,13-15H,6-12H2,1H3. The van der Waals surface area contributed by atoms with Crippen molar-refractivity contribution in [2.24, 2.45) is 22.7 Å². The van der Waals surface area contributed by atoms with Crippen LogP contribution in [0.25, 0.3) is 0 Å². The van der Waals surface area contributed by atoms with Gasteiger partial charge in [-0.3, -0.25) is 9.69 Å². The van der Waals surface area contributed by atoms with Crippen LogP contribution in [0.2, 0.25) is 0 Å². The predicted molar refractivity (Wildman–Crippen MR) is 98.6 cm³/mol. The number of hydrogen-bond donors (Lipinski definition) is 0. The Bertz CT molecular complexity index is 674. The predicted octanol–water partition coefficient (Wildman–Crippen LogP) is 4.35. The molecule has 126 valence electrons. The summed E-state index contributed by atoms with van der Waals surface area (Å²) >= 11 is 1.53. The summed E-state index contributed by atoms with van der Waals surface area (Å²) in [6.07, 6.45) is 8.67. The van der Waals surface area contributed by atoms with Crippen LogP contribution in [0.4, 0.5) is 5.69 Å². The molecule has 4 bridgehead atoms. The Morgan fingerprint density at radius 1 is 1.04 bits per heavy atom. The molecule has 4 saturated carbocycles. The van der Waals surface area contributed by atoms with Gasteiger partial charge in [-0.25, -0.2) is 4.99 Å². The molecular formula is C20H24N2OS. The summed E-state index contributed by atoms with van der Waals surface area (Å²) in [4.78, 5) is 17.9. The van der Waals surface area contributed by atoms with E-state index in [9.17, 15) is 4.79 Å². The van der Waals surface area contributed by atoms with E-state index in [1.807, 2.05) is 7.05 Å². The van der Waals surface area contributed by atoms with Gasteiger partial charge >= 0.3 is 0 Å². The van der Waals surface area contributed by atoms with E-state index in [0.717, 1.165) is 28.6 Å². The van der Waals surface area contributed by atoms with Gasteiger partial charge in [0.2, 0.25) is 5.91 Å². The Morgan fingerprint density at radius 2 is 1.62 bits per heavy atom. The third-order valence-electron chi connectivity index (χ3n) is 6.73. The number of thioether (sulfide) groups is 1. The lowest BCUT2D eigenvalue weighted by Gasteiger charge is -2.57. The van der Waals surface area contributed by atoms with Gasteiger partial charge in [0.1, 0.15) is 0 Å². The molecule has 0 N–H and O–H groups in total. The van der Waals surface area contributed by atoms with Crippen LogP contribution < -0.4 is 0 Å². The number of nitrogens with zero attached hydrogens (tertiary/aromatic N) is 2. The first-order valence-electron chi connectivity index (χ1n) is 9.20. The Morgan fingerprint density at radius 3 is 2.12 bits per heavy atom. The second-order valence-electron chi connectivity index (χ2n) is 8.38. The van der Waals surface area contributed by atoms with Crippen molar-refractivity contribution in [1.82, 2.24) is 4.90 Å². The molecule has 24 heavy (non-hydrogen) atoms. The molecule has 3 nitrogen and oxygen atoms in total. The zero-order valence-electron chi connectivity index (χ0n) is 14.2. The number of carbonyl (C=O) groups is 1. The van der Waals surface area contributed by atoms with Crippen LogP contribution in [0.1, 0.15) is 44.1 Å². The Balaban J connectivity index is 1.41. The van der Waals surface area contributed by atoms with Gasteiger partial charge in [0.05, 0.1) is 11.4 Å². The Kier molecular flexibility index (Phi) is 3.35.